The first-order chi connectivity index (χ1) is 14.1. The van der Waals surface area contributed by atoms with Gasteiger partial charge in [0.2, 0.25) is 0 Å². The van der Waals surface area contributed by atoms with Crippen LogP contribution in [0.25, 0.3) is 0 Å². The molecule has 0 aromatic heterocycles. The van der Waals surface area contributed by atoms with Crippen molar-refractivity contribution in [2.45, 2.75) is 84.0 Å². The third kappa shape index (κ3) is 7.60. The first-order valence-corrected chi connectivity index (χ1v) is 12.1. The summed E-state index contributed by atoms with van der Waals surface area (Å²) in [6, 6.07) is 5.50. The summed E-state index contributed by atoms with van der Waals surface area (Å²) in [4.78, 5) is 0. The first kappa shape index (κ1) is 22.1. The number of benzene rings is 1. The Morgan fingerprint density at radius 1 is 0.793 bits per heavy atom. The highest BCUT2D eigenvalue weighted by molar-refractivity contribution is 5.56. The fourth-order valence-electron chi connectivity index (χ4n) is 5.16. The summed E-state index contributed by atoms with van der Waals surface area (Å²) in [7, 11) is 0. The molecule has 3 nitrogen and oxygen atoms in total. The summed E-state index contributed by atoms with van der Waals surface area (Å²) < 4.78 is 5.96. The maximum Gasteiger partial charge on any atom is 0.123 e. The Labute approximate surface area is 178 Å². The second-order valence-electron chi connectivity index (χ2n) is 9.59. The number of ether oxygens (including phenoxy) is 1. The molecule has 1 aromatic carbocycles. The van der Waals surface area contributed by atoms with Crippen LogP contribution in [0.4, 0.5) is 11.4 Å². The summed E-state index contributed by atoms with van der Waals surface area (Å²) in [6.45, 7) is 3.08. The van der Waals surface area contributed by atoms with E-state index in [9.17, 15) is 0 Å². The van der Waals surface area contributed by atoms with Gasteiger partial charge in [0.25, 0.3) is 0 Å². The molecule has 4 N–H and O–H groups in total. The van der Waals surface area contributed by atoms with Crippen molar-refractivity contribution in [2.24, 2.45) is 23.7 Å². The molecule has 0 amide bonds. The van der Waals surface area contributed by atoms with Crippen LogP contribution in [0.15, 0.2) is 30.4 Å². The summed E-state index contributed by atoms with van der Waals surface area (Å²) in [6.07, 6.45) is 21.7. The van der Waals surface area contributed by atoms with Crippen molar-refractivity contribution >= 4 is 11.4 Å². The van der Waals surface area contributed by atoms with Gasteiger partial charge in [0.15, 0.2) is 0 Å². The third-order valence-electron chi connectivity index (χ3n) is 7.09. The molecule has 29 heavy (non-hydrogen) atoms. The molecule has 0 aliphatic heterocycles. The standard InChI is InChI=1S/C26H42N2O/c1-2-3-4-5-20-6-8-21(9-7-20)10-11-22-12-14-23(15-13-22)19-29-26-17-24(27)16-25(28)18-26/h10-11,16-18,20-23H,2-9,12-15,19,27-28H2,1H3. The van der Waals surface area contributed by atoms with Gasteiger partial charge < -0.3 is 16.2 Å². The van der Waals surface area contributed by atoms with Gasteiger partial charge in [-0.15, -0.1) is 0 Å². The summed E-state index contributed by atoms with van der Waals surface area (Å²) in [5, 5.41) is 0. The molecule has 162 valence electrons. The van der Waals surface area contributed by atoms with E-state index in [1.807, 2.05) is 12.1 Å². The highest BCUT2D eigenvalue weighted by Crippen LogP contribution is 2.35. The second-order valence-corrected chi connectivity index (χ2v) is 9.59. The van der Waals surface area contributed by atoms with Gasteiger partial charge in [-0.25, -0.2) is 0 Å². The van der Waals surface area contributed by atoms with Crippen LogP contribution in [0, 0.1) is 23.7 Å². The molecule has 2 saturated carbocycles. The topological polar surface area (TPSA) is 61.3 Å². The molecule has 3 heteroatoms. The van der Waals surface area contributed by atoms with E-state index in [0.29, 0.717) is 17.3 Å². The highest BCUT2D eigenvalue weighted by Gasteiger charge is 2.22. The van der Waals surface area contributed by atoms with E-state index in [1.165, 1.54) is 77.0 Å². The second kappa shape index (κ2) is 11.5. The SMILES string of the molecule is CCCCCC1CCC(C=CC2CCC(COc3cc(N)cc(N)c3)CC2)CC1. The Morgan fingerprint density at radius 2 is 1.34 bits per heavy atom. The number of hydrogen-bond donors (Lipinski definition) is 2. The van der Waals surface area contributed by atoms with Gasteiger partial charge in [-0.1, -0.05) is 44.8 Å². The van der Waals surface area contributed by atoms with Gasteiger partial charge in [-0.3, -0.25) is 0 Å². The fourth-order valence-corrected chi connectivity index (χ4v) is 5.16. The minimum absolute atomic E-state index is 0.654. The Morgan fingerprint density at radius 3 is 1.90 bits per heavy atom. The number of nitrogen functional groups attached to an aromatic ring is 2. The largest absolute Gasteiger partial charge is 0.493 e. The van der Waals surface area contributed by atoms with Crippen molar-refractivity contribution < 1.29 is 4.74 Å². The van der Waals surface area contributed by atoms with E-state index >= 15 is 0 Å². The van der Waals surface area contributed by atoms with Crippen LogP contribution in [-0.4, -0.2) is 6.61 Å². The number of allylic oxidation sites excluding steroid dienone is 2. The highest BCUT2D eigenvalue weighted by atomic mass is 16.5. The summed E-state index contributed by atoms with van der Waals surface area (Å²) in [5.41, 5.74) is 13.0. The number of unbranched alkanes of at least 4 members (excludes halogenated alkanes) is 2. The van der Waals surface area contributed by atoms with E-state index < -0.39 is 0 Å². The number of rotatable bonds is 9. The van der Waals surface area contributed by atoms with Crippen LogP contribution >= 0.6 is 0 Å². The number of nitrogens with two attached hydrogens (primary N) is 2. The lowest BCUT2D eigenvalue weighted by atomic mass is 9.78. The van der Waals surface area contributed by atoms with Crippen LogP contribution in [0.2, 0.25) is 0 Å². The van der Waals surface area contributed by atoms with E-state index in [2.05, 4.69) is 19.1 Å². The van der Waals surface area contributed by atoms with Crippen molar-refractivity contribution in [2.75, 3.05) is 18.1 Å². The molecule has 2 aliphatic carbocycles. The average Bonchev–Trinajstić information content (AvgIpc) is 2.72. The normalized spacial score (nSPS) is 27.9. The molecule has 0 atom stereocenters. The fraction of sp³-hybridized carbons (Fsp3) is 0.692. The van der Waals surface area contributed by atoms with E-state index in [0.717, 1.165) is 30.1 Å². The smallest absolute Gasteiger partial charge is 0.123 e. The predicted octanol–water partition coefficient (Wildman–Crippen LogP) is 6.98. The molecule has 0 bridgehead atoms. The van der Waals surface area contributed by atoms with Crippen molar-refractivity contribution in [3.05, 3.63) is 30.4 Å². The minimum Gasteiger partial charge on any atom is -0.493 e. The minimum atomic E-state index is 0.654. The van der Waals surface area contributed by atoms with Gasteiger partial charge in [-0.05, 0) is 81.1 Å². The first-order valence-electron chi connectivity index (χ1n) is 12.1. The molecule has 0 saturated heterocycles. The molecule has 1 aromatic rings. The average molecular weight is 399 g/mol. The Hall–Kier alpha value is -1.64. The predicted molar refractivity (Wildman–Crippen MR) is 125 cm³/mol. The molecular formula is C26H42N2O. The van der Waals surface area contributed by atoms with Gasteiger partial charge in [-0.2, -0.15) is 0 Å². The lowest BCUT2D eigenvalue weighted by Crippen LogP contribution is -2.19. The molecular weight excluding hydrogens is 356 g/mol. The maximum absolute atomic E-state index is 5.96. The van der Waals surface area contributed by atoms with Crippen molar-refractivity contribution in [3.8, 4) is 5.75 Å². The van der Waals surface area contributed by atoms with Crippen LogP contribution in [0.1, 0.15) is 84.0 Å². The Kier molecular flexibility index (Phi) is 8.76. The van der Waals surface area contributed by atoms with Crippen LogP contribution in [0.5, 0.6) is 5.75 Å². The molecule has 0 unspecified atom stereocenters. The van der Waals surface area contributed by atoms with Crippen LogP contribution in [-0.2, 0) is 0 Å². The number of anilines is 2. The monoisotopic (exact) mass is 398 g/mol. The zero-order valence-corrected chi connectivity index (χ0v) is 18.5. The summed E-state index contributed by atoms with van der Waals surface area (Å²) >= 11 is 0. The third-order valence-corrected chi connectivity index (χ3v) is 7.09. The lowest BCUT2D eigenvalue weighted by Gasteiger charge is -2.29. The van der Waals surface area contributed by atoms with Gasteiger partial charge in [0.1, 0.15) is 5.75 Å². The van der Waals surface area contributed by atoms with E-state index in [1.54, 1.807) is 6.07 Å². The Balaban J connectivity index is 1.31. The zero-order chi connectivity index (χ0) is 20.5. The van der Waals surface area contributed by atoms with E-state index in [4.69, 9.17) is 16.2 Å². The van der Waals surface area contributed by atoms with Gasteiger partial charge in [0, 0.05) is 23.5 Å². The van der Waals surface area contributed by atoms with Crippen molar-refractivity contribution in [1.82, 2.24) is 0 Å². The van der Waals surface area contributed by atoms with Crippen molar-refractivity contribution in [1.29, 1.82) is 0 Å². The molecule has 0 spiro atoms. The van der Waals surface area contributed by atoms with Crippen LogP contribution in [0.3, 0.4) is 0 Å². The van der Waals surface area contributed by atoms with Crippen molar-refractivity contribution in [3.63, 3.8) is 0 Å². The van der Waals surface area contributed by atoms with Gasteiger partial charge >= 0.3 is 0 Å². The van der Waals surface area contributed by atoms with Crippen LogP contribution < -0.4 is 16.2 Å². The van der Waals surface area contributed by atoms with E-state index in [-0.39, 0.29) is 0 Å². The summed E-state index contributed by atoms with van der Waals surface area (Å²) in [5.74, 6) is 4.08. The molecule has 2 aliphatic rings. The molecule has 0 heterocycles. The Bertz CT molecular complexity index is 605. The molecule has 0 radical (unpaired) electrons. The quantitative estimate of drug-likeness (QED) is 0.268. The maximum atomic E-state index is 5.96. The number of hydrogen-bond acceptors (Lipinski definition) is 3. The zero-order valence-electron chi connectivity index (χ0n) is 18.5. The van der Waals surface area contributed by atoms with Gasteiger partial charge in [0.05, 0.1) is 6.61 Å². The lowest BCUT2D eigenvalue weighted by molar-refractivity contribution is 0.194. The molecule has 2 fully saturated rings. The molecule has 3 rings (SSSR count).